The van der Waals surface area contributed by atoms with Gasteiger partial charge in [0.25, 0.3) is 0 Å². The Kier molecular flexibility index (Phi) is 2.19. The van der Waals surface area contributed by atoms with Crippen LogP contribution in [0.5, 0.6) is 0 Å². The van der Waals surface area contributed by atoms with E-state index in [0.717, 1.165) is 25.7 Å². The Morgan fingerprint density at radius 2 is 2.00 bits per heavy atom. The van der Waals surface area contributed by atoms with E-state index in [4.69, 9.17) is 0 Å². The van der Waals surface area contributed by atoms with Gasteiger partial charge in [-0.1, -0.05) is 12.8 Å². The van der Waals surface area contributed by atoms with Crippen molar-refractivity contribution in [3.63, 3.8) is 0 Å². The van der Waals surface area contributed by atoms with E-state index in [1.165, 1.54) is 0 Å². The minimum atomic E-state index is -0.459. The minimum absolute atomic E-state index is 0.0353. The van der Waals surface area contributed by atoms with Crippen molar-refractivity contribution in [1.29, 1.82) is 0 Å². The fourth-order valence-electron chi connectivity index (χ4n) is 2.94. The second kappa shape index (κ2) is 3.57. The van der Waals surface area contributed by atoms with Crippen molar-refractivity contribution in [2.45, 2.75) is 25.7 Å². The van der Waals surface area contributed by atoms with Gasteiger partial charge >= 0.3 is 0 Å². The SMILES string of the molecule is O=C1NC2=NCCN2C(=O)C1C1CCCC1. The highest BCUT2D eigenvalue weighted by molar-refractivity contribution is 6.18. The molecular weight excluding hydrogens is 206 g/mol. The third kappa shape index (κ3) is 1.34. The average Bonchev–Trinajstić information content (AvgIpc) is 2.87. The standard InChI is InChI=1S/C11H15N3O2/c15-9-8(7-3-1-2-4-7)10(16)14-6-5-12-11(14)13-9/h7-8H,1-6H2,(H,12,13,15). The zero-order valence-electron chi connectivity index (χ0n) is 9.11. The molecule has 1 atom stereocenters. The van der Waals surface area contributed by atoms with Gasteiger partial charge in [0.05, 0.1) is 6.54 Å². The Hall–Kier alpha value is -1.39. The van der Waals surface area contributed by atoms with Gasteiger partial charge in [-0.3, -0.25) is 24.8 Å². The predicted molar refractivity (Wildman–Crippen MR) is 57.6 cm³/mol. The van der Waals surface area contributed by atoms with Gasteiger partial charge in [0, 0.05) is 6.54 Å². The van der Waals surface area contributed by atoms with Crippen LogP contribution >= 0.6 is 0 Å². The van der Waals surface area contributed by atoms with Crippen LogP contribution in [0.25, 0.3) is 0 Å². The van der Waals surface area contributed by atoms with E-state index in [0.29, 0.717) is 19.0 Å². The molecule has 1 saturated heterocycles. The molecule has 86 valence electrons. The van der Waals surface area contributed by atoms with Gasteiger partial charge in [0.1, 0.15) is 5.92 Å². The average molecular weight is 221 g/mol. The second-order valence-corrected chi connectivity index (χ2v) is 4.71. The number of fused-ring (bicyclic) bond motifs is 1. The quantitative estimate of drug-likeness (QED) is 0.639. The normalized spacial score (nSPS) is 30.4. The first-order valence-corrected chi connectivity index (χ1v) is 5.94. The molecule has 5 heteroatoms. The molecule has 0 aromatic heterocycles. The summed E-state index contributed by atoms with van der Waals surface area (Å²) in [6, 6.07) is 0. The molecule has 3 rings (SSSR count). The van der Waals surface area contributed by atoms with Crippen LogP contribution in [0.15, 0.2) is 4.99 Å². The molecule has 1 aliphatic carbocycles. The number of nitrogens with zero attached hydrogens (tertiary/aromatic N) is 2. The van der Waals surface area contributed by atoms with Crippen LogP contribution in [0, 0.1) is 11.8 Å². The largest absolute Gasteiger partial charge is 0.295 e. The molecule has 2 aliphatic heterocycles. The summed E-state index contributed by atoms with van der Waals surface area (Å²) in [6.07, 6.45) is 4.29. The molecule has 2 fully saturated rings. The summed E-state index contributed by atoms with van der Waals surface area (Å²) in [5.74, 6) is 0.0687. The highest BCUT2D eigenvalue weighted by Gasteiger charge is 2.45. The molecule has 0 bridgehead atoms. The Morgan fingerprint density at radius 3 is 2.75 bits per heavy atom. The Labute approximate surface area is 93.9 Å². The van der Waals surface area contributed by atoms with Crippen molar-refractivity contribution in [2.75, 3.05) is 13.1 Å². The minimum Gasteiger partial charge on any atom is -0.295 e. The lowest BCUT2D eigenvalue weighted by molar-refractivity contribution is -0.143. The van der Waals surface area contributed by atoms with Crippen LogP contribution in [0.4, 0.5) is 0 Å². The van der Waals surface area contributed by atoms with Gasteiger partial charge in [-0.15, -0.1) is 0 Å². The summed E-state index contributed by atoms with van der Waals surface area (Å²) in [5.41, 5.74) is 0. The van der Waals surface area contributed by atoms with E-state index in [1.807, 2.05) is 0 Å². The van der Waals surface area contributed by atoms with Gasteiger partial charge in [-0.2, -0.15) is 0 Å². The summed E-state index contributed by atoms with van der Waals surface area (Å²) < 4.78 is 0. The molecule has 1 saturated carbocycles. The second-order valence-electron chi connectivity index (χ2n) is 4.71. The molecular formula is C11H15N3O2. The fourth-order valence-corrected chi connectivity index (χ4v) is 2.94. The van der Waals surface area contributed by atoms with Crippen LogP contribution in [-0.2, 0) is 9.59 Å². The van der Waals surface area contributed by atoms with Crippen LogP contribution in [0.2, 0.25) is 0 Å². The van der Waals surface area contributed by atoms with Crippen LogP contribution < -0.4 is 5.32 Å². The number of aliphatic imine (C=N–C) groups is 1. The Balaban J connectivity index is 1.85. The number of carbonyl (C=O) groups is 2. The number of hydrogen-bond donors (Lipinski definition) is 1. The first-order valence-electron chi connectivity index (χ1n) is 5.94. The number of carbonyl (C=O) groups excluding carboxylic acids is 2. The monoisotopic (exact) mass is 221 g/mol. The van der Waals surface area contributed by atoms with E-state index in [2.05, 4.69) is 10.3 Å². The van der Waals surface area contributed by atoms with Crippen molar-refractivity contribution in [3.05, 3.63) is 0 Å². The number of amides is 2. The Bertz CT molecular complexity index is 371. The molecule has 3 aliphatic rings. The topological polar surface area (TPSA) is 61.8 Å². The molecule has 2 amide bonds. The summed E-state index contributed by atoms with van der Waals surface area (Å²) in [7, 11) is 0. The molecule has 0 aromatic rings. The van der Waals surface area contributed by atoms with E-state index in [-0.39, 0.29) is 17.7 Å². The van der Waals surface area contributed by atoms with Crippen molar-refractivity contribution < 1.29 is 9.59 Å². The molecule has 1 unspecified atom stereocenters. The maximum absolute atomic E-state index is 12.2. The number of guanidine groups is 1. The number of rotatable bonds is 1. The molecule has 0 aromatic carbocycles. The first kappa shape index (κ1) is 9.81. The lowest BCUT2D eigenvalue weighted by Gasteiger charge is -2.32. The molecule has 0 spiro atoms. The van der Waals surface area contributed by atoms with Crippen LogP contribution in [0.3, 0.4) is 0 Å². The van der Waals surface area contributed by atoms with E-state index in [1.54, 1.807) is 4.90 Å². The highest BCUT2D eigenvalue weighted by atomic mass is 16.2. The Morgan fingerprint density at radius 1 is 1.25 bits per heavy atom. The van der Waals surface area contributed by atoms with Gasteiger partial charge in [-0.05, 0) is 18.8 Å². The van der Waals surface area contributed by atoms with E-state index < -0.39 is 5.92 Å². The smallest absolute Gasteiger partial charge is 0.242 e. The first-order chi connectivity index (χ1) is 7.77. The third-order valence-electron chi connectivity index (χ3n) is 3.76. The molecule has 2 heterocycles. The molecule has 5 nitrogen and oxygen atoms in total. The summed E-state index contributed by atoms with van der Waals surface area (Å²) in [4.78, 5) is 29.8. The lowest BCUT2D eigenvalue weighted by atomic mass is 9.88. The van der Waals surface area contributed by atoms with Crippen LogP contribution in [-0.4, -0.2) is 35.8 Å². The van der Waals surface area contributed by atoms with Gasteiger partial charge in [0.15, 0.2) is 0 Å². The van der Waals surface area contributed by atoms with Gasteiger partial charge in [0.2, 0.25) is 17.8 Å². The van der Waals surface area contributed by atoms with Crippen molar-refractivity contribution in [2.24, 2.45) is 16.8 Å². The van der Waals surface area contributed by atoms with E-state index >= 15 is 0 Å². The predicted octanol–water partition coefficient (Wildman–Crippen LogP) is 0.121. The highest BCUT2D eigenvalue weighted by Crippen LogP contribution is 2.34. The van der Waals surface area contributed by atoms with Gasteiger partial charge < -0.3 is 0 Å². The summed E-state index contributed by atoms with van der Waals surface area (Å²) in [5, 5.41) is 2.75. The molecule has 0 radical (unpaired) electrons. The summed E-state index contributed by atoms with van der Waals surface area (Å²) >= 11 is 0. The maximum atomic E-state index is 12.2. The fraction of sp³-hybridized carbons (Fsp3) is 0.727. The zero-order valence-corrected chi connectivity index (χ0v) is 9.11. The van der Waals surface area contributed by atoms with Crippen molar-refractivity contribution in [1.82, 2.24) is 10.2 Å². The molecule has 1 N–H and O–H groups in total. The van der Waals surface area contributed by atoms with E-state index in [9.17, 15) is 9.59 Å². The lowest BCUT2D eigenvalue weighted by Crippen LogP contribution is -2.58. The van der Waals surface area contributed by atoms with Crippen molar-refractivity contribution >= 4 is 17.8 Å². The summed E-state index contributed by atoms with van der Waals surface area (Å²) in [6.45, 7) is 1.23. The number of hydrogen-bond acceptors (Lipinski definition) is 3. The molecule has 16 heavy (non-hydrogen) atoms. The van der Waals surface area contributed by atoms with Crippen LogP contribution in [0.1, 0.15) is 25.7 Å². The zero-order chi connectivity index (χ0) is 11.1. The third-order valence-corrected chi connectivity index (χ3v) is 3.76. The van der Waals surface area contributed by atoms with Gasteiger partial charge in [-0.25, -0.2) is 0 Å². The maximum Gasteiger partial charge on any atom is 0.242 e. The van der Waals surface area contributed by atoms with Crippen molar-refractivity contribution in [3.8, 4) is 0 Å². The number of nitrogens with one attached hydrogen (secondary N) is 1.